The Morgan fingerprint density at radius 3 is 2.33 bits per heavy atom. The largest absolute Gasteiger partial charge is 0.325 e. The summed E-state index contributed by atoms with van der Waals surface area (Å²) < 4.78 is 1.03. The number of halogens is 1. The van der Waals surface area contributed by atoms with Gasteiger partial charge in [-0.15, -0.1) is 0 Å². The van der Waals surface area contributed by atoms with Gasteiger partial charge >= 0.3 is 0 Å². The quantitative estimate of drug-likeness (QED) is 0.774. The molecule has 5 heteroatoms. The third-order valence-corrected chi connectivity index (χ3v) is 4.34. The maximum absolute atomic E-state index is 12.4. The Hall–Kier alpha value is -2.16. The molecule has 24 heavy (non-hydrogen) atoms. The zero-order chi connectivity index (χ0) is 17.5. The van der Waals surface area contributed by atoms with Gasteiger partial charge in [-0.1, -0.05) is 35.0 Å². The Balaban J connectivity index is 1.98. The van der Waals surface area contributed by atoms with Crippen LogP contribution in [0.5, 0.6) is 0 Å². The summed E-state index contributed by atoms with van der Waals surface area (Å²) in [6.07, 6.45) is 0.885. The van der Waals surface area contributed by atoms with Gasteiger partial charge in [-0.3, -0.25) is 10.1 Å². The van der Waals surface area contributed by atoms with Crippen molar-refractivity contribution in [1.29, 1.82) is 5.26 Å². The van der Waals surface area contributed by atoms with Crippen LogP contribution in [0.3, 0.4) is 0 Å². The smallest absolute Gasteiger partial charge is 0.241 e. The fourth-order valence-corrected chi connectivity index (χ4v) is 2.67. The van der Waals surface area contributed by atoms with Gasteiger partial charge in [0.15, 0.2) is 0 Å². The minimum atomic E-state index is -0.339. The van der Waals surface area contributed by atoms with Gasteiger partial charge in [0.05, 0.1) is 17.7 Å². The van der Waals surface area contributed by atoms with E-state index in [0.717, 1.165) is 16.5 Å². The fourth-order valence-electron chi connectivity index (χ4n) is 2.40. The van der Waals surface area contributed by atoms with Gasteiger partial charge in [0.2, 0.25) is 5.91 Å². The molecule has 0 fully saturated rings. The van der Waals surface area contributed by atoms with Crippen molar-refractivity contribution in [3.8, 4) is 6.07 Å². The summed E-state index contributed by atoms with van der Waals surface area (Å²) in [4.78, 5) is 12.4. The summed E-state index contributed by atoms with van der Waals surface area (Å²) in [7, 11) is 0. The molecular formula is C19H20BrN3O. The normalized spacial score (nSPS) is 12.9. The average Bonchev–Trinajstić information content (AvgIpc) is 2.61. The van der Waals surface area contributed by atoms with Crippen molar-refractivity contribution in [2.75, 3.05) is 5.32 Å². The highest BCUT2D eigenvalue weighted by molar-refractivity contribution is 9.10. The zero-order valence-corrected chi connectivity index (χ0v) is 15.3. The molecule has 0 aromatic heterocycles. The van der Waals surface area contributed by atoms with Gasteiger partial charge < -0.3 is 5.32 Å². The van der Waals surface area contributed by atoms with Crippen molar-refractivity contribution in [2.45, 2.75) is 32.4 Å². The molecule has 1 amide bonds. The van der Waals surface area contributed by atoms with Crippen molar-refractivity contribution in [1.82, 2.24) is 5.32 Å². The first-order chi connectivity index (χ1) is 11.5. The molecule has 0 saturated heterocycles. The topological polar surface area (TPSA) is 64.9 Å². The number of benzene rings is 2. The Bertz CT molecular complexity index is 720. The van der Waals surface area contributed by atoms with Crippen LogP contribution in [0, 0.1) is 11.3 Å². The van der Waals surface area contributed by atoms with E-state index < -0.39 is 0 Å². The van der Waals surface area contributed by atoms with Gasteiger partial charge in [-0.25, -0.2) is 0 Å². The van der Waals surface area contributed by atoms with E-state index in [4.69, 9.17) is 5.26 Å². The number of nitrogens with zero attached hydrogens (tertiary/aromatic N) is 1. The Morgan fingerprint density at radius 2 is 1.79 bits per heavy atom. The predicted octanol–water partition coefficient (Wildman–Crippen LogP) is 4.39. The van der Waals surface area contributed by atoms with Gasteiger partial charge in [0.1, 0.15) is 0 Å². The molecule has 2 rings (SSSR count). The second-order valence-electron chi connectivity index (χ2n) is 5.58. The lowest BCUT2D eigenvalue weighted by atomic mass is 10.0. The minimum Gasteiger partial charge on any atom is -0.325 e. The van der Waals surface area contributed by atoms with Crippen LogP contribution in [-0.2, 0) is 4.79 Å². The van der Waals surface area contributed by atoms with Crippen LogP contribution in [0.15, 0.2) is 53.0 Å². The number of carbonyl (C=O) groups excluding carboxylic acids is 1. The number of hydrogen-bond acceptors (Lipinski definition) is 3. The first kappa shape index (κ1) is 18.2. The molecule has 2 aromatic rings. The second kappa shape index (κ2) is 8.62. The number of rotatable bonds is 6. The lowest BCUT2D eigenvalue weighted by Crippen LogP contribution is -2.40. The molecule has 0 spiro atoms. The highest BCUT2D eigenvalue weighted by Gasteiger charge is 2.18. The molecule has 0 unspecified atom stereocenters. The van der Waals surface area contributed by atoms with Crippen LogP contribution in [0.4, 0.5) is 5.69 Å². The summed E-state index contributed by atoms with van der Waals surface area (Å²) in [6.45, 7) is 3.94. The highest BCUT2D eigenvalue weighted by Crippen LogP contribution is 2.20. The maximum Gasteiger partial charge on any atom is 0.241 e. The van der Waals surface area contributed by atoms with Crippen molar-refractivity contribution in [3.63, 3.8) is 0 Å². The number of nitrogens with one attached hydrogen (secondary N) is 2. The summed E-state index contributed by atoms with van der Waals surface area (Å²) in [6, 6.07) is 16.8. The molecule has 0 bridgehead atoms. The van der Waals surface area contributed by atoms with E-state index in [9.17, 15) is 4.79 Å². The van der Waals surface area contributed by atoms with Gasteiger partial charge in [-0.2, -0.15) is 5.26 Å². The molecule has 4 nitrogen and oxygen atoms in total. The molecule has 0 aliphatic heterocycles. The average molecular weight is 386 g/mol. The third kappa shape index (κ3) is 4.92. The number of hydrogen-bond donors (Lipinski definition) is 2. The molecule has 2 N–H and O–H groups in total. The van der Waals surface area contributed by atoms with Crippen molar-refractivity contribution in [3.05, 3.63) is 64.1 Å². The lowest BCUT2D eigenvalue weighted by Gasteiger charge is -2.22. The first-order valence-corrected chi connectivity index (χ1v) is 8.65. The molecule has 0 aliphatic carbocycles. The Labute approximate surface area is 151 Å². The molecule has 0 radical (unpaired) electrons. The SMILES string of the molecule is CC[C@H](N[C@@H](C)C(=O)Nc1ccc(C#N)cc1)c1ccc(Br)cc1. The molecule has 124 valence electrons. The van der Waals surface area contributed by atoms with Gasteiger partial charge in [-0.05, 0) is 55.3 Å². The standard InChI is InChI=1S/C19H20BrN3O/c1-3-18(15-6-8-16(20)9-7-15)22-13(2)19(24)23-17-10-4-14(12-21)5-11-17/h4-11,13,18,22H,3H2,1-2H3,(H,23,24)/t13-,18-/m0/s1. The Kier molecular flexibility index (Phi) is 6.53. The van der Waals surface area contributed by atoms with Crippen molar-refractivity contribution in [2.24, 2.45) is 0 Å². The molecule has 2 atom stereocenters. The van der Waals surface area contributed by atoms with Crippen LogP contribution >= 0.6 is 15.9 Å². The van der Waals surface area contributed by atoms with Crippen LogP contribution in [0.2, 0.25) is 0 Å². The monoisotopic (exact) mass is 385 g/mol. The van der Waals surface area contributed by atoms with E-state index in [1.165, 1.54) is 0 Å². The van der Waals surface area contributed by atoms with Crippen molar-refractivity contribution < 1.29 is 4.79 Å². The summed E-state index contributed by atoms with van der Waals surface area (Å²) in [5.41, 5.74) is 2.41. The van der Waals surface area contributed by atoms with E-state index in [1.54, 1.807) is 24.3 Å². The molecule has 0 aliphatic rings. The van der Waals surface area contributed by atoms with Crippen LogP contribution < -0.4 is 10.6 Å². The highest BCUT2D eigenvalue weighted by atomic mass is 79.9. The second-order valence-corrected chi connectivity index (χ2v) is 6.49. The molecular weight excluding hydrogens is 366 g/mol. The molecule has 0 saturated carbocycles. The van der Waals surface area contributed by atoms with E-state index in [2.05, 4.69) is 51.7 Å². The number of amides is 1. The van der Waals surface area contributed by atoms with Crippen LogP contribution in [0.25, 0.3) is 0 Å². The van der Waals surface area contributed by atoms with E-state index in [1.807, 2.05) is 19.1 Å². The Morgan fingerprint density at radius 1 is 1.17 bits per heavy atom. The number of carbonyl (C=O) groups is 1. The summed E-state index contributed by atoms with van der Waals surface area (Å²) in [5, 5.41) is 15.0. The van der Waals surface area contributed by atoms with Crippen molar-refractivity contribution >= 4 is 27.5 Å². The minimum absolute atomic E-state index is 0.102. The number of anilines is 1. The summed E-state index contributed by atoms with van der Waals surface area (Å²) >= 11 is 3.43. The third-order valence-electron chi connectivity index (χ3n) is 3.81. The predicted molar refractivity (Wildman–Crippen MR) is 99.6 cm³/mol. The maximum atomic E-state index is 12.4. The molecule has 0 heterocycles. The van der Waals surface area contributed by atoms with Gasteiger partial charge in [0, 0.05) is 16.2 Å². The summed E-state index contributed by atoms with van der Waals surface area (Å²) in [5.74, 6) is -0.102. The first-order valence-electron chi connectivity index (χ1n) is 7.86. The van der Waals surface area contributed by atoms with E-state index >= 15 is 0 Å². The fraction of sp³-hybridized carbons (Fsp3) is 0.263. The van der Waals surface area contributed by atoms with Gasteiger partial charge in [0.25, 0.3) is 0 Å². The van der Waals surface area contributed by atoms with E-state index in [-0.39, 0.29) is 18.0 Å². The zero-order valence-electron chi connectivity index (χ0n) is 13.7. The van der Waals surface area contributed by atoms with E-state index in [0.29, 0.717) is 11.3 Å². The molecule has 2 aromatic carbocycles. The van der Waals surface area contributed by atoms with Crippen LogP contribution in [0.1, 0.15) is 37.4 Å². The lowest BCUT2D eigenvalue weighted by molar-refractivity contribution is -0.118. The van der Waals surface area contributed by atoms with Crippen LogP contribution in [-0.4, -0.2) is 11.9 Å². The number of nitriles is 1.